The summed E-state index contributed by atoms with van der Waals surface area (Å²) in [6.45, 7) is 10.3. The summed E-state index contributed by atoms with van der Waals surface area (Å²) >= 11 is 0. The van der Waals surface area contributed by atoms with Crippen molar-refractivity contribution in [1.29, 1.82) is 0 Å². The summed E-state index contributed by atoms with van der Waals surface area (Å²) in [4.78, 5) is 14.4. The van der Waals surface area contributed by atoms with Crippen molar-refractivity contribution in [1.82, 2.24) is 9.62 Å². The third-order valence-corrected chi connectivity index (χ3v) is 6.49. The van der Waals surface area contributed by atoms with E-state index in [1.54, 1.807) is 25.7 Å². The number of aryl methyl sites for hydroxylation is 2. The van der Waals surface area contributed by atoms with E-state index in [1.165, 1.54) is 12.1 Å². The molecule has 1 aromatic carbocycles. The third-order valence-electron chi connectivity index (χ3n) is 4.86. The lowest BCUT2D eigenvalue weighted by atomic mass is 10.1. The highest BCUT2D eigenvalue weighted by Crippen LogP contribution is 2.25. The van der Waals surface area contributed by atoms with Gasteiger partial charge in [0.25, 0.3) is 15.9 Å². The number of amides is 1. The van der Waals surface area contributed by atoms with Crippen molar-refractivity contribution >= 4 is 15.9 Å². The fourth-order valence-corrected chi connectivity index (χ4v) is 4.73. The maximum Gasteiger partial charge on any atom is 0.289 e. The van der Waals surface area contributed by atoms with Gasteiger partial charge in [-0.2, -0.15) is 0 Å². The summed E-state index contributed by atoms with van der Waals surface area (Å²) in [7, 11) is -3.82. The lowest BCUT2D eigenvalue weighted by Crippen LogP contribution is -2.41. The van der Waals surface area contributed by atoms with Crippen LogP contribution in [0.25, 0.3) is 0 Å². The van der Waals surface area contributed by atoms with E-state index in [0.717, 1.165) is 16.9 Å². The van der Waals surface area contributed by atoms with Gasteiger partial charge in [-0.1, -0.05) is 12.1 Å². The highest BCUT2D eigenvalue weighted by Gasteiger charge is 2.29. The van der Waals surface area contributed by atoms with E-state index in [1.807, 2.05) is 26.0 Å². The van der Waals surface area contributed by atoms with Gasteiger partial charge >= 0.3 is 0 Å². The normalized spacial score (nSPS) is 16.0. The van der Waals surface area contributed by atoms with Gasteiger partial charge in [0.15, 0.2) is 5.76 Å². The predicted octanol–water partition coefficient (Wildman–Crippen LogP) is 3.66. The summed E-state index contributed by atoms with van der Waals surface area (Å²) in [5.41, 5.74) is 1.59. The monoisotopic (exact) mass is 434 g/mol. The first-order valence-corrected chi connectivity index (χ1v) is 11.6. The Balaban J connectivity index is 1.61. The van der Waals surface area contributed by atoms with Crippen LogP contribution in [0, 0.1) is 13.8 Å². The van der Waals surface area contributed by atoms with Crippen molar-refractivity contribution in [2.24, 2.45) is 0 Å². The summed E-state index contributed by atoms with van der Waals surface area (Å²) in [6, 6.07) is 8.86. The second kappa shape index (κ2) is 8.43. The molecule has 1 aliphatic heterocycles. The van der Waals surface area contributed by atoms with Crippen LogP contribution in [-0.4, -0.2) is 44.0 Å². The van der Waals surface area contributed by atoms with E-state index < -0.39 is 15.6 Å². The number of sulfonamides is 1. The van der Waals surface area contributed by atoms with Gasteiger partial charge in [-0.05, 0) is 63.9 Å². The smallest absolute Gasteiger partial charge is 0.289 e. The van der Waals surface area contributed by atoms with Crippen LogP contribution in [0.3, 0.4) is 0 Å². The molecule has 0 atom stereocenters. The molecule has 1 saturated heterocycles. The van der Waals surface area contributed by atoms with Crippen LogP contribution in [0.2, 0.25) is 0 Å². The lowest BCUT2D eigenvalue weighted by molar-refractivity contribution is 0.0560. The van der Waals surface area contributed by atoms with Crippen molar-refractivity contribution in [3.8, 4) is 5.75 Å². The quantitative estimate of drug-likeness (QED) is 0.776. The summed E-state index contributed by atoms with van der Waals surface area (Å²) in [6.07, 6.45) is 1.45. The number of carbonyl (C=O) groups is 1. The Hall–Kier alpha value is -2.32. The van der Waals surface area contributed by atoms with Crippen LogP contribution in [0.4, 0.5) is 0 Å². The second-order valence-corrected chi connectivity index (χ2v) is 10.5. The van der Waals surface area contributed by atoms with E-state index in [4.69, 9.17) is 9.15 Å². The number of hydrogen-bond acceptors (Lipinski definition) is 5. The van der Waals surface area contributed by atoms with Gasteiger partial charge in [-0.3, -0.25) is 4.79 Å². The number of furan rings is 1. The van der Waals surface area contributed by atoms with Gasteiger partial charge in [0.1, 0.15) is 11.9 Å². The number of rotatable bonds is 5. The van der Waals surface area contributed by atoms with Crippen LogP contribution in [0.5, 0.6) is 5.75 Å². The topological polar surface area (TPSA) is 88.8 Å². The van der Waals surface area contributed by atoms with Gasteiger partial charge in [0.2, 0.25) is 5.09 Å². The standard InChI is InChI=1S/C22H30N2O5S/c1-15-6-7-16(2)19(14-15)28-17-10-12-24(13-11-17)21(25)18-8-9-20(29-18)30(26,27)23-22(3,4)5/h6-9,14,17,23H,10-13H2,1-5H3. The maximum atomic E-state index is 12.8. The zero-order valence-electron chi connectivity index (χ0n) is 18.2. The molecule has 2 heterocycles. The van der Waals surface area contributed by atoms with Gasteiger partial charge < -0.3 is 14.1 Å². The van der Waals surface area contributed by atoms with Crippen LogP contribution in [0.15, 0.2) is 39.8 Å². The first-order valence-electron chi connectivity index (χ1n) is 10.1. The highest BCUT2D eigenvalue weighted by atomic mass is 32.2. The number of hydrogen-bond donors (Lipinski definition) is 1. The number of benzene rings is 1. The molecule has 0 spiro atoms. The number of nitrogens with zero attached hydrogens (tertiary/aromatic N) is 1. The van der Waals surface area contributed by atoms with Crippen LogP contribution in [-0.2, 0) is 10.0 Å². The predicted molar refractivity (Wildman–Crippen MR) is 114 cm³/mol. The van der Waals surface area contributed by atoms with Crippen molar-refractivity contribution < 1.29 is 22.4 Å². The molecule has 7 nitrogen and oxygen atoms in total. The first kappa shape index (κ1) is 22.4. The molecule has 3 rings (SSSR count). The minimum absolute atomic E-state index is 0.0261. The van der Waals surface area contributed by atoms with Gasteiger partial charge in [-0.25, -0.2) is 13.1 Å². The van der Waals surface area contributed by atoms with Gasteiger partial charge in [0.05, 0.1) is 0 Å². The molecule has 1 amide bonds. The largest absolute Gasteiger partial charge is 0.490 e. The number of carbonyl (C=O) groups excluding carboxylic acids is 1. The molecule has 1 fully saturated rings. The zero-order valence-corrected chi connectivity index (χ0v) is 19.0. The molecule has 1 aliphatic rings. The molecule has 0 bridgehead atoms. The minimum atomic E-state index is -3.82. The van der Waals surface area contributed by atoms with Crippen LogP contribution < -0.4 is 9.46 Å². The molecule has 0 radical (unpaired) electrons. The Morgan fingerprint density at radius 2 is 1.80 bits per heavy atom. The molecular formula is C22H30N2O5S. The number of piperidine rings is 1. The molecule has 30 heavy (non-hydrogen) atoms. The first-order chi connectivity index (χ1) is 13.9. The Morgan fingerprint density at radius 1 is 1.13 bits per heavy atom. The Morgan fingerprint density at radius 3 is 2.43 bits per heavy atom. The number of nitrogens with one attached hydrogen (secondary N) is 1. The molecule has 0 aliphatic carbocycles. The molecule has 164 valence electrons. The molecule has 1 N–H and O–H groups in total. The SMILES string of the molecule is Cc1ccc(C)c(OC2CCN(C(=O)c3ccc(S(=O)(=O)NC(C)(C)C)o3)CC2)c1. The summed E-state index contributed by atoms with van der Waals surface area (Å²) in [5, 5.41) is -0.256. The van der Waals surface area contributed by atoms with Crippen molar-refractivity contribution in [2.45, 2.75) is 64.2 Å². The fourth-order valence-electron chi connectivity index (χ4n) is 3.38. The fraction of sp³-hybridized carbons (Fsp3) is 0.500. The second-order valence-electron chi connectivity index (χ2n) is 8.85. The average Bonchev–Trinajstić information content (AvgIpc) is 3.14. The average molecular weight is 435 g/mol. The summed E-state index contributed by atoms with van der Waals surface area (Å²) < 4.78 is 38.8. The third kappa shape index (κ3) is 5.43. The summed E-state index contributed by atoms with van der Waals surface area (Å²) in [5.74, 6) is 0.600. The van der Waals surface area contributed by atoms with E-state index >= 15 is 0 Å². The molecule has 8 heteroatoms. The molecule has 1 aromatic heterocycles. The van der Waals surface area contributed by atoms with E-state index in [2.05, 4.69) is 10.8 Å². The number of likely N-dealkylation sites (tertiary alicyclic amines) is 1. The number of ether oxygens (including phenoxy) is 1. The Kier molecular flexibility index (Phi) is 6.29. The maximum absolute atomic E-state index is 12.8. The Bertz CT molecular complexity index is 1010. The molecule has 0 unspecified atom stereocenters. The molecule has 2 aromatic rings. The molecular weight excluding hydrogens is 404 g/mol. The van der Waals surface area contributed by atoms with Crippen molar-refractivity contribution in [3.63, 3.8) is 0 Å². The van der Waals surface area contributed by atoms with Gasteiger partial charge in [-0.15, -0.1) is 0 Å². The van der Waals surface area contributed by atoms with Crippen molar-refractivity contribution in [2.75, 3.05) is 13.1 Å². The zero-order chi connectivity index (χ0) is 22.1. The minimum Gasteiger partial charge on any atom is -0.490 e. The highest BCUT2D eigenvalue weighted by molar-refractivity contribution is 7.89. The van der Waals surface area contributed by atoms with E-state index in [-0.39, 0.29) is 22.9 Å². The van der Waals surface area contributed by atoms with Crippen LogP contribution in [0.1, 0.15) is 55.3 Å². The Labute approximate surface area is 178 Å². The lowest BCUT2D eigenvalue weighted by Gasteiger charge is -2.32. The van der Waals surface area contributed by atoms with Gasteiger partial charge in [0, 0.05) is 31.5 Å². The van der Waals surface area contributed by atoms with Crippen molar-refractivity contribution in [3.05, 3.63) is 47.2 Å². The van der Waals surface area contributed by atoms with Crippen LogP contribution >= 0.6 is 0 Å². The molecule has 0 saturated carbocycles. The van der Waals surface area contributed by atoms with E-state index in [9.17, 15) is 13.2 Å². The van der Waals surface area contributed by atoms with E-state index in [0.29, 0.717) is 25.9 Å².